The molecule has 0 aromatic heterocycles. The highest BCUT2D eigenvalue weighted by Gasteiger charge is 2.44. The van der Waals surface area contributed by atoms with Gasteiger partial charge in [-0.1, -0.05) is 24.4 Å². The quantitative estimate of drug-likeness (QED) is 0.327. The van der Waals surface area contributed by atoms with Crippen molar-refractivity contribution in [3.05, 3.63) is 0 Å². The summed E-state index contributed by atoms with van der Waals surface area (Å²) in [6.45, 7) is 0.786. The number of rotatable bonds is 5. The fourth-order valence-electron chi connectivity index (χ4n) is 2.49. The zero-order valence-electron chi connectivity index (χ0n) is 9.82. The molecule has 2 aliphatic rings. The summed E-state index contributed by atoms with van der Waals surface area (Å²) in [5.41, 5.74) is 5.74. The summed E-state index contributed by atoms with van der Waals surface area (Å²) in [5, 5.41) is 11.6. The number of nitrogens with zero attached hydrogens (tertiary/aromatic N) is 1. The van der Waals surface area contributed by atoms with Gasteiger partial charge in [-0.3, -0.25) is 0 Å². The second kappa shape index (κ2) is 5.04. The van der Waals surface area contributed by atoms with Crippen LogP contribution in [0.5, 0.6) is 0 Å². The van der Waals surface area contributed by atoms with Crippen molar-refractivity contribution in [2.45, 2.75) is 57.5 Å². The van der Waals surface area contributed by atoms with Gasteiger partial charge in [-0.15, -0.1) is 0 Å². The van der Waals surface area contributed by atoms with Gasteiger partial charge in [-0.25, -0.2) is 0 Å². The highest BCUT2D eigenvalue weighted by Crippen LogP contribution is 2.49. The molecular weight excluding hydrogens is 204 g/mol. The van der Waals surface area contributed by atoms with Crippen LogP contribution in [-0.2, 0) is 4.74 Å². The van der Waals surface area contributed by atoms with E-state index in [1.54, 1.807) is 0 Å². The number of oxime groups is 1. The molecule has 0 radical (unpaired) electrons. The van der Waals surface area contributed by atoms with Gasteiger partial charge in [0.05, 0.1) is 12.7 Å². The largest absolute Gasteiger partial charge is 0.409 e. The Balaban J connectivity index is 1.72. The van der Waals surface area contributed by atoms with Crippen LogP contribution in [0, 0.1) is 5.41 Å². The monoisotopic (exact) mass is 226 g/mol. The molecule has 0 aromatic carbocycles. The van der Waals surface area contributed by atoms with Crippen LogP contribution < -0.4 is 5.73 Å². The molecule has 0 amide bonds. The van der Waals surface area contributed by atoms with Gasteiger partial charge in [-0.05, 0) is 25.7 Å². The van der Waals surface area contributed by atoms with Crippen molar-refractivity contribution in [2.75, 3.05) is 6.61 Å². The van der Waals surface area contributed by atoms with E-state index >= 15 is 0 Å². The van der Waals surface area contributed by atoms with Gasteiger partial charge in [0.25, 0.3) is 0 Å². The SMILES string of the molecule is NC(CC1(COC2CCCCC2)CC1)=NO. The van der Waals surface area contributed by atoms with E-state index in [4.69, 9.17) is 15.7 Å². The van der Waals surface area contributed by atoms with Crippen LogP contribution in [0.1, 0.15) is 51.4 Å². The Hall–Kier alpha value is -0.770. The average molecular weight is 226 g/mol. The minimum Gasteiger partial charge on any atom is -0.409 e. The molecule has 2 saturated carbocycles. The molecule has 2 rings (SSSR count). The molecule has 0 aromatic rings. The maximum Gasteiger partial charge on any atom is 0.139 e. The lowest BCUT2D eigenvalue weighted by atomic mass is 9.97. The molecule has 0 spiro atoms. The van der Waals surface area contributed by atoms with Gasteiger partial charge in [0.1, 0.15) is 5.84 Å². The van der Waals surface area contributed by atoms with Crippen molar-refractivity contribution in [3.63, 3.8) is 0 Å². The number of nitrogens with two attached hydrogens (primary N) is 1. The maximum absolute atomic E-state index is 8.56. The molecule has 4 heteroatoms. The number of hydrogen-bond donors (Lipinski definition) is 2. The molecule has 0 heterocycles. The Labute approximate surface area is 96.8 Å². The van der Waals surface area contributed by atoms with Crippen LogP contribution in [0.4, 0.5) is 0 Å². The smallest absolute Gasteiger partial charge is 0.139 e. The van der Waals surface area contributed by atoms with Crippen LogP contribution in [0.15, 0.2) is 5.16 Å². The number of hydrogen-bond acceptors (Lipinski definition) is 3. The first-order chi connectivity index (χ1) is 7.74. The van der Waals surface area contributed by atoms with E-state index in [9.17, 15) is 0 Å². The molecule has 2 fully saturated rings. The van der Waals surface area contributed by atoms with E-state index in [0.717, 1.165) is 19.4 Å². The molecule has 3 N–H and O–H groups in total. The van der Waals surface area contributed by atoms with E-state index in [2.05, 4.69) is 5.16 Å². The van der Waals surface area contributed by atoms with Crippen molar-refractivity contribution >= 4 is 5.84 Å². The Morgan fingerprint density at radius 1 is 1.31 bits per heavy atom. The lowest BCUT2D eigenvalue weighted by molar-refractivity contribution is 0.00300. The van der Waals surface area contributed by atoms with Crippen molar-refractivity contribution in [1.82, 2.24) is 0 Å². The normalized spacial score (nSPS) is 25.6. The Morgan fingerprint density at radius 2 is 2.00 bits per heavy atom. The third-order valence-electron chi connectivity index (χ3n) is 3.82. The minimum absolute atomic E-state index is 0.188. The molecular formula is C12H22N2O2. The summed E-state index contributed by atoms with van der Waals surface area (Å²) in [5.74, 6) is 0.338. The summed E-state index contributed by atoms with van der Waals surface area (Å²) in [6, 6.07) is 0. The lowest BCUT2D eigenvalue weighted by Gasteiger charge is -2.24. The van der Waals surface area contributed by atoms with Gasteiger partial charge in [0.2, 0.25) is 0 Å². The van der Waals surface area contributed by atoms with E-state index < -0.39 is 0 Å². The van der Waals surface area contributed by atoms with Crippen molar-refractivity contribution in [1.29, 1.82) is 0 Å². The van der Waals surface area contributed by atoms with Crippen molar-refractivity contribution in [3.8, 4) is 0 Å². The van der Waals surface area contributed by atoms with Gasteiger partial charge >= 0.3 is 0 Å². The van der Waals surface area contributed by atoms with Gasteiger partial charge in [0.15, 0.2) is 0 Å². The molecule has 0 aliphatic heterocycles. The summed E-state index contributed by atoms with van der Waals surface area (Å²) in [7, 11) is 0. The zero-order chi connectivity index (χ0) is 11.4. The molecule has 0 bridgehead atoms. The first kappa shape index (κ1) is 11.7. The zero-order valence-corrected chi connectivity index (χ0v) is 9.82. The first-order valence-electron chi connectivity index (χ1n) is 6.32. The Kier molecular flexibility index (Phi) is 3.69. The van der Waals surface area contributed by atoms with Crippen LogP contribution in [0.2, 0.25) is 0 Å². The second-order valence-corrected chi connectivity index (χ2v) is 5.34. The highest BCUT2D eigenvalue weighted by molar-refractivity contribution is 5.80. The molecule has 2 aliphatic carbocycles. The van der Waals surface area contributed by atoms with E-state index in [1.165, 1.54) is 32.1 Å². The Bertz CT molecular complexity index is 256. The second-order valence-electron chi connectivity index (χ2n) is 5.34. The summed E-state index contributed by atoms with van der Waals surface area (Å²) < 4.78 is 5.96. The summed E-state index contributed by atoms with van der Waals surface area (Å²) >= 11 is 0. The van der Waals surface area contributed by atoms with Crippen LogP contribution in [0.25, 0.3) is 0 Å². The van der Waals surface area contributed by atoms with Crippen LogP contribution in [0.3, 0.4) is 0 Å². The maximum atomic E-state index is 8.56. The number of amidine groups is 1. The third-order valence-corrected chi connectivity index (χ3v) is 3.82. The predicted octanol–water partition coefficient (Wildman–Crippen LogP) is 2.25. The van der Waals surface area contributed by atoms with Crippen LogP contribution >= 0.6 is 0 Å². The van der Waals surface area contributed by atoms with Crippen LogP contribution in [-0.4, -0.2) is 23.8 Å². The molecule has 16 heavy (non-hydrogen) atoms. The predicted molar refractivity (Wildman–Crippen MR) is 62.5 cm³/mol. The van der Waals surface area contributed by atoms with Gasteiger partial charge < -0.3 is 15.7 Å². The molecule has 92 valence electrons. The lowest BCUT2D eigenvalue weighted by Crippen LogP contribution is -2.25. The number of ether oxygens (including phenoxy) is 1. The molecule has 0 atom stereocenters. The standard InChI is InChI=1S/C12H22N2O2/c13-11(14-15)8-12(6-7-12)9-16-10-4-2-1-3-5-10/h10,15H,1-9H2,(H2,13,14). The van der Waals surface area contributed by atoms with E-state index in [-0.39, 0.29) is 5.41 Å². The highest BCUT2D eigenvalue weighted by atomic mass is 16.5. The van der Waals surface area contributed by atoms with E-state index in [1.807, 2.05) is 0 Å². The fourth-order valence-corrected chi connectivity index (χ4v) is 2.49. The molecule has 0 saturated heterocycles. The minimum atomic E-state index is 0.188. The van der Waals surface area contributed by atoms with Gasteiger partial charge in [0, 0.05) is 11.8 Å². The first-order valence-corrected chi connectivity index (χ1v) is 6.32. The Morgan fingerprint density at radius 3 is 2.56 bits per heavy atom. The third kappa shape index (κ3) is 3.11. The van der Waals surface area contributed by atoms with Gasteiger partial charge in [-0.2, -0.15) is 0 Å². The molecule has 0 unspecified atom stereocenters. The summed E-state index contributed by atoms with van der Waals surface area (Å²) in [6.07, 6.45) is 9.81. The average Bonchev–Trinajstić information content (AvgIpc) is 3.08. The summed E-state index contributed by atoms with van der Waals surface area (Å²) in [4.78, 5) is 0. The fraction of sp³-hybridized carbons (Fsp3) is 0.917. The van der Waals surface area contributed by atoms with Crippen molar-refractivity contribution < 1.29 is 9.94 Å². The van der Waals surface area contributed by atoms with Crippen molar-refractivity contribution in [2.24, 2.45) is 16.3 Å². The topological polar surface area (TPSA) is 67.8 Å². The molecule has 4 nitrogen and oxygen atoms in total. The van der Waals surface area contributed by atoms with E-state index in [0.29, 0.717) is 18.4 Å².